The van der Waals surface area contributed by atoms with Gasteiger partial charge in [-0.15, -0.1) is 0 Å². The number of carboxylic acid groups (broad SMARTS) is 1. The summed E-state index contributed by atoms with van der Waals surface area (Å²) in [6, 6.07) is 0.628. The Morgan fingerprint density at radius 3 is 2.69 bits per heavy atom. The SMILES string of the molecule is CN(C1CCOC1)C1CCCCC1C(=O)O. The molecule has 2 rings (SSSR count). The van der Waals surface area contributed by atoms with Gasteiger partial charge in [0.05, 0.1) is 12.5 Å². The standard InChI is InChI=1S/C12H21NO3/c1-13(9-6-7-16-8-9)11-5-3-2-4-10(11)12(14)15/h9-11H,2-8H2,1H3,(H,14,15). The molecule has 0 aromatic heterocycles. The molecule has 0 radical (unpaired) electrons. The van der Waals surface area contributed by atoms with E-state index in [1.807, 2.05) is 0 Å². The highest BCUT2D eigenvalue weighted by molar-refractivity contribution is 5.71. The van der Waals surface area contributed by atoms with Gasteiger partial charge in [0.15, 0.2) is 0 Å². The van der Waals surface area contributed by atoms with Crippen molar-refractivity contribution in [3.8, 4) is 0 Å². The van der Waals surface area contributed by atoms with Gasteiger partial charge in [-0.1, -0.05) is 12.8 Å². The van der Waals surface area contributed by atoms with E-state index >= 15 is 0 Å². The van der Waals surface area contributed by atoms with Gasteiger partial charge in [-0.25, -0.2) is 0 Å². The molecule has 1 heterocycles. The number of nitrogens with zero attached hydrogens (tertiary/aromatic N) is 1. The van der Waals surface area contributed by atoms with Gasteiger partial charge < -0.3 is 9.84 Å². The van der Waals surface area contributed by atoms with Gasteiger partial charge in [-0.3, -0.25) is 9.69 Å². The zero-order valence-electron chi connectivity index (χ0n) is 9.89. The number of rotatable bonds is 3. The highest BCUT2D eigenvalue weighted by atomic mass is 16.5. The maximum atomic E-state index is 11.2. The van der Waals surface area contributed by atoms with Gasteiger partial charge in [0.25, 0.3) is 0 Å². The minimum Gasteiger partial charge on any atom is -0.481 e. The predicted molar refractivity (Wildman–Crippen MR) is 60.4 cm³/mol. The first kappa shape index (κ1) is 11.9. The summed E-state index contributed by atoms with van der Waals surface area (Å²) in [5.41, 5.74) is 0. The zero-order valence-corrected chi connectivity index (χ0v) is 9.89. The lowest BCUT2D eigenvalue weighted by molar-refractivity contribution is -0.145. The van der Waals surface area contributed by atoms with Crippen LogP contribution in [0, 0.1) is 5.92 Å². The number of hydrogen-bond acceptors (Lipinski definition) is 3. The summed E-state index contributed by atoms with van der Waals surface area (Å²) in [7, 11) is 2.06. The molecule has 4 heteroatoms. The predicted octanol–water partition coefficient (Wildman–Crippen LogP) is 1.35. The van der Waals surface area contributed by atoms with Crippen LogP contribution in [0.2, 0.25) is 0 Å². The third kappa shape index (κ3) is 2.38. The minimum absolute atomic E-state index is 0.181. The molecule has 92 valence electrons. The Bertz CT molecular complexity index is 251. The summed E-state index contributed by atoms with van der Waals surface area (Å²) in [5.74, 6) is -0.810. The van der Waals surface area contributed by atoms with Crippen molar-refractivity contribution >= 4 is 5.97 Å². The first-order valence-electron chi connectivity index (χ1n) is 6.22. The van der Waals surface area contributed by atoms with Crippen molar-refractivity contribution in [2.75, 3.05) is 20.3 Å². The summed E-state index contributed by atoms with van der Waals surface area (Å²) in [6.45, 7) is 1.58. The third-order valence-corrected chi connectivity index (χ3v) is 4.05. The van der Waals surface area contributed by atoms with Crippen LogP contribution in [-0.4, -0.2) is 48.3 Å². The Morgan fingerprint density at radius 1 is 1.31 bits per heavy atom. The summed E-state index contributed by atoms with van der Waals surface area (Å²) >= 11 is 0. The molecule has 1 aliphatic heterocycles. The van der Waals surface area contributed by atoms with Crippen molar-refractivity contribution in [3.05, 3.63) is 0 Å². The van der Waals surface area contributed by atoms with Gasteiger partial charge in [0, 0.05) is 18.7 Å². The van der Waals surface area contributed by atoms with Crippen LogP contribution >= 0.6 is 0 Å². The fraction of sp³-hybridized carbons (Fsp3) is 0.917. The van der Waals surface area contributed by atoms with Crippen molar-refractivity contribution in [3.63, 3.8) is 0 Å². The zero-order chi connectivity index (χ0) is 11.5. The lowest BCUT2D eigenvalue weighted by Crippen LogP contribution is -2.48. The van der Waals surface area contributed by atoms with E-state index in [1.54, 1.807) is 0 Å². The molecule has 1 saturated heterocycles. The monoisotopic (exact) mass is 227 g/mol. The van der Waals surface area contributed by atoms with Gasteiger partial charge >= 0.3 is 5.97 Å². The number of aliphatic carboxylic acids is 1. The normalized spacial score (nSPS) is 35.5. The van der Waals surface area contributed by atoms with Gasteiger partial charge in [0.2, 0.25) is 0 Å². The van der Waals surface area contributed by atoms with E-state index in [4.69, 9.17) is 4.74 Å². The molecule has 2 aliphatic rings. The number of carboxylic acids is 1. The van der Waals surface area contributed by atoms with Crippen molar-refractivity contribution in [2.45, 2.75) is 44.2 Å². The van der Waals surface area contributed by atoms with E-state index in [-0.39, 0.29) is 12.0 Å². The molecule has 4 nitrogen and oxygen atoms in total. The van der Waals surface area contributed by atoms with Crippen molar-refractivity contribution in [2.24, 2.45) is 5.92 Å². The molecule has 1 aliphatic carbocycles. The average Bonchev–Trinajstić information content (AvgIpc) is 2.81. The number of hydrogen-bond donors (Lipinski definition) is 1. The van der Waals surface area contributed by atoms with Crippen LogP contribution in [0.1, 0.15) is 32.1 Å². The maximum Gasteiger partial charge on any atom is 0.308 e. The van der Waals surface area contributed by atoms with Crippen LogP contribution in [0.25, 0.3) is 0 Å². The lowest BCUT2D eigenvalue weighted by atomic mass is 9.83. The van der Waals surface area contributed by atoms with Crippen molar-refractivity contribution < 1.29 is 14.6 Å². The Morgan fingerprint density at radius 2 is 2.06 bits per heavy atom. The fourth-order valence-electron chi connectivity index (χ4n) is 3.00. The molecular formula is C12H21NO3. The summed E-state index contributed by atoms with van der Waals surface area (Å²) in [5, 5.41) is 9.24. The van der Waals surface area contributed by atoms with Crippen LogP contribution in [0.5, 0.6) is 0 Å². The molecule has 0 amide bonds. The molecular weight excluding hydrogens is 206 g/mol. The van der Waals surface area contributed by atoms with Crippen LogP contribution in [0.15, 0.2) is 0 Å². The summed E-state index contributed by atoms with van der Waals surface area (Å²) < 4.78 is 5.38. The number of likely N-dealkylation sites (N-methyl/N-ethyl adjacent to an activating group) is 1. The smallest absolute Gasteiger partial charge is 0.308 e. The molecule has 0 bridgehead atoms. The Labute approximate surface area is 96.6 Å². The van der Waals surface area contributed by atoms with E-state index in [9.17, 15) is 9.90 Å². The van der Waals surface area contributed by atoms with E-state index in [0.717, 1.165) is 45.3 Å². The topological polar surface area (TPSA) is 49.8 Å². The average molecular weight is 227 g/mol. The molecule has 1 N–H and O–H groups in total. The third-order valence-electron chi connectivity index (χ3n) is 4.05. The quantitative estimate of drug-likeness (QED) is 0.790. The second-order valence-electron chi connectivity index (χ2n) is 4.98. The minimum atomic E-state index is -0.629. The van der Waals surface area contributed by atoms with Crippen molar-refractivity contribution in [1.82, 2.24) is 4.90 Å². The maximum absolute atomic E-state index is 11.2. The van der Waals surface area contributed by atoms with Crippen LogP contribution < -0.4 is 0 Å². The summed E-state index contributed by atoms with van der Waals surface area (Å²) in [6.07, 6.45) is 5.11. The highest BCUT2D eigenvalue weighted by Gasteiger charge is 2.36. The largest absolute Gasteiger partial charge is 0.481 e. The van der Waals surface area contributed by atoms with E-state index in [0.29, 0.717) is 6.04 Å². The Hall–Kier alpha value is -0.610. The molecule has 16 heavy (non-hydrogen) atoms. The van der Waals surface area contributed by atoms with Crippen LogP contribution in [0.3, 0.4) is 0 Å². The molecule has 2 fully saturated rings. The molecule has 3 unspecified atom stereocenters. The Balaban J connectivity index is 2.01. The van der Waals surface area contributed by atoms with Gasteiger partial charge in [0.1, 0.15) is 0 Å². The number of ether oxygens (including phenoxy) is 1. The Kier molecular flexibility index (Phi) is 3.82. The van der Waals surface area contributed by atoms with E-state index < -0.39 is 5.97 Å². The first-order valence-corrected chi connectivity index (χ1v) is 6.22. The molecule has 0 spiro atoms. The van der Waals surface area contributed by atoms with Crippen LogP contribution in [-0.2, 0) is 9.53 Å². The second kappa shape index (κ2) is 5.15. The molecule has 3 atom stereocenters. The van der Waals surface area contributed by atoms with Crippen LogP contribution in [0.4, 0.5) is 0 Å². The van der Waals surface area contributed by atoms with Gasteiger partial charge in [-0.2, -0.15) is 0 Å². The highest BCUT2D eigenvalue weighted by Crippen LogP contribution is 2.30. The summed E-state index contributed by atoms with van der Waals surface area (Å²) in [4.78, 5) is 13.5. The second-order valence-corrected chi connectivity index (χ2v) is 4.98. The molecule has 1 saturated carbocycles. The molecule has 0 aromatic rings. The molecule has 0 aromatic carbocycles. The van der Waals surface area contributed by atoms with E-state index in [2.05, 4.69) is 11.9 Å². The van der Waals surface area contributed by atoms with E-state index in [1.165, 1.54) is 0 Å². The fourth-order valence-corrected chi connectivity index (χ4v) is 3.00. The van der Waals surface area contributed by atoms with Crippen molar-refractivity contribution in [1.29, 1.82) is 0 Å². The number of carbonyl (C=O) groups is 1. The van der Waals surface area contributed by atoms with Gasteiger partial charge in [-0.05, 0) is 26.3 Å². The lowest BCUT2D eigenvalue weighted by Gasteiger charge is -2.38. The first-order chi connectivity index (χ1) is 7.70.